The van der Waals surface area contributed by atoms with Gasteiger partial charge in [0.2, 0.25) is 5.91 Å². The lowest BCUT2D eigenvalue weighted by atomic mass is 10.2. The number of carbonyl (C=O) groups excluding carboxylic acids is 2. The lowest BCUT2D eigenvalue weighted by Crippen LogP contribution is -2.51. The van der Waals surface area contributed by atoms with Gasteiger partial charge in [-0.1, -0.05) is 0 Å². The third kappa shape index (κ3) is 5.49. The highest BCUT2D eigenvalue weighted by atomic mass is 16.6. The predicted molar refractivity (Wildman–Crippen MR) is 136 cm³/mol. The fourth-order valence-electron chi connectivity index (χ4n) is 4.36. The van der Waals surface area contributed by atoms with E-state index in [1.54, 1.807) is 36.4 Å². The van der Waals surface area contributed by atoms with Gasteiger partial charge in [-0.3, -0.25) is 14.5 Å². The molecule has 0 radical (unpaired) electrons. The molecule has 39 heavy (non-hydrogen) atoms. The van der Waals surface area contributed by atoms with Crippen molar-refractivity contribution in [2.75, 3.05) is 38.3 Å². The zero-order valence-electron chi connectivity index (χ0n) is 20.8. The molecule has 14 nitrogen and oxygen atoms in total. The van der Waals surface area contributed by atoms with Crippen molar-refractivity contribution in [3.05, 3.63) is 52.9 Å². The average Bonchev–Trinajstić information content (AvgIpc) is 3.32. The molecular weight excluding hydrogens is 514 g/mol. The number of rotatable bonds is 8. The van der Waals surface area contributed by atoms with E-state index in [0.717, 1.165) is 6.20 Å². The molecule has 2 aromatic carbocycles. The molecule has 2 aliphatic heterocycles. The number of anilines is 1. The maximum atomic E-state index is 13.0. The van der Waals surface area contributed by atoms with Crippen molar-refractivity contribution in [1.82, 2.24) is 20.2 Å². The third-order valence-corrected chi connectivity index (χ3v) is 6.25. The molecule has 1 unspecified atom stereocenters. The highest BCUT2D eigenvalue weighted by Gasteiger charge is 2.34. The second-order valence-corrected chi connectivity index (χ2v) is 8.75. The van der Waals surface area contributed by atoms with Crippen molar-refractivity contribution in [1.29, 1.82) is 0 Å². The Balaban J connectivity index is 1.27. The normalized spacial score (nSPS) is 16.9. The number of fused-ring (bicyclic) bond motifs is 2. The maximum Gasteiger partial charge on any atom is 0.414 e. The van der Waals surface area contributed by atoms with Gasteiger partial charge >= 0.3 is 12.2 Å². The molecule has 204 valence electrons. The van der Waals surface area contributed by atoms with Crippen molar-refractivity contribution in [3.8, 4) is 17.2 Å². The topological polar surface area (TPSA) is 171 Å². The number of nitrogens with zero attached hydrogens (tertiary/aromatic N) is 3. The van der Waals surface area contributed by atoms with Crippen molar-refractivity contribution >= 4 is 34.8 Å². The summed E-state index contributed by atoms with van der Waals surface area (Å²) in [6.45, 7) is 0.595. The Bertz CT molecular complexity index is 1490. The number of cyclic esters (lactones) is 1. The van der Waals surface area contributed by atoms with Crippen molar-refractivity contribution in [2.24, 2.45) is 0 Å². The fraction of sp³-hybridized carbons (Fsp3) is 0.320. The molecule has 3 heterocycles. The van der Waals surface area contributed by atoms with E-state index in [2.05, 4.69) is 15.6 Å². The first-order valence-electron chi connectivity index (χ1n) is 12.0. The summed E-state index contributed by atoms with van der Waals surface area (Å²) in [7, 11) is 1.47. The number of nitrogens with one attached hydrogen (secondary N) is 2. The van der Waals surface area contributed by atoms with Crippen LogP contribution in [0.3, 0.4) is 0 Å². The number of aromatic nitrogens is 2. The molecule has 1 aromatic heterocycles. The van der Waals surface area contributed by atoms with E-state index in [4.69, 9.17) is 18.9 Å². The first-order chi connectivity index (χ1) is 18.8. The van der Waals surface area contributed by atoms with Gasteiger partial charge in [0.1, 0.15) is 31.1 Å². The number of methoxy groups -OCH3 is 1. The van der Waals surface area contributed by atoms with E-state index in [9.17, 15) is 24.3 Å². The van der Waals surface area contributed by atoms with Crippen LogP contribution in [0.2, 0.25) is 0 Å². The van der Waals surface area contributed by atoms with Crippen LogP contribution in [0.5, 0.6) is 17.2 Å². The van der Waals surface area contributed by atoms with Crippen LogP contribution in [-0.4, -0.2) is 78.3 Å². The summed E-state index contributed by atoms with van der Waals surface area (Å²) in [4.78, 5) is 55.1. The Morgan fingerprint density at radius 3 is 2.72 bits per heavy atom. The van der Waals surface area contributed by atoms with Crippen LogP contribution in [0.15, 0.2) is 47.4 Å². The Kier molecular flexibility index (Phi) is 7.08. The summed E-state index contributed by atoms with van der Waals surface area (Å²) in [6.07, 6.45) is -1.66. The number of carboxylic acid groups (broad SMARTS) is 1. The molecule has 14 heteroatoms. The number of carbonyl (C=O) groups is 3. The number of benzene rings is 2. The maximum absolute atomic E-state index is 13.0. The Morgan fingerprint density at radius 1 is 1.15 bits per heavy atom. The van der Waals surface area contributed by atoms with Crippen molar-refractivity contribution in [3.63, 3.8) is 0 Å². The van der Waals surface area contributed by atoms with Crippen LogP contribution in [-0.2, 0) is 16.1 Å². The van der Waals surface area contributed by atoms with Crippen molar-refractivity contribution in [2.45, 2.75) is 18.7 Å². The van der Waals surface area contributed by atoms with Crippen LogP contribution in [0.4, 0.5) is 15.3 Å². The minimum absolute atomic E-state index is 0.0801. The molecule has 1 fully saturated rings. The molecule has 5 rings (SSSR count). The lowest BCUT2D eigenvalue weighted by molar-refractivity contribution is -0.123. The van der Waals surface area contributed by atoms with Crippen LogP contribution >= 0.6 is 0 Å². The summed E-state index contributed by atoms with van der Waals surface area (Å²) in [6, 6.07) is 8.64. The zero-order valence-corrected chi connectivity index (χ0v) is 20.8. The number of ether oxygens (including phenoxy) is 4. The molecule has 2 aliphatic rings. The van der Waals surface area contributed by atoms with Gasteiger partial charge in [-0.2, -0.15) is 0 Å². The average molecular weight is 540 g/mol. The van der Waals surface area contributed by atoms with Gasteiger partial charge in [0.05, 0.1) is 49.7 Å². The highest BCUT2D eigenvalue weighted by molar-refractivity contribution is 5.90. The van der Waals surface area contributed by atoms with E-state index in [1.807, 2.05) is 0 Å². The standard InChI is InChI=1S/C25H25N5O9/c1-36-15-3-4-17-19(9-15)30(22(31)11-26-17)13-18(28-24(33)34)23(32)27-10-16-12-29(25(35)39-16)14-2-5-20-21(8-14)38-7-6-37-20/h2-5,8-9,11,16,18,28H,6-7,10,12-13H2,1H3,(H,27,32)(H,33,34)/t16-,18?/m1/s1. The molecule has 3 N–H and O–H groups in total. The van der Waals surface area contributed by atoms with Crippen LogP contribution in [0.1, 0.15) is 0 Å². The fourth-order valence-corrected chi connectivity index (χ4v) is 4.36. The molecule has 0 spiro atoms. The minimum Gasteiger partial charge on any atom is -0.497 e. The summed E-state index contributed by atoms with van der Waals surface area (Å²) >= 11 is 0. The number of amides is 3. The van der Waals surface area contributed by atoms with E-state index in [1.165, 1.54) is 16.6 Å². The quantitative estimate of drug-likeness (QED) is 0.374. The Hall–Kier alpha value is -5.01. The molecule has 2 atom stereocenters. The van der Waals surface area contributed by atoms with Crippen LogP contribution in [0.25, 0.3) is 11.0 Å². The smallest absolute Gasteiger partial charge is 0.414 e. The van der Waals surface area contributed by atoms with Gasteiger partial charge in [-0.05, 0) is 24.3 Å². The number of hydrogen-bond acceptors (Lipinski definition) is 9. The van der Waals surface area contributed by atoms with E-state index in [-0.39, 0.29) is 19.6 Å². The van der Waals surface area contributed by atoms with Crippen LogP contribution < -0.4 is 35.3 Å². The first kappa shape index (κ1) is 25.6. The second-order valence-electron chi connectivity index (χ2n) is 8.75. The summed E-state index contributed by atoms with van der Waals surface area (Å²) in [5, 5.41) is 14.1. The van der Waals surface area contributed by atoms with Crippen molar-refractivity contribution < 1.29 is 38.4 Å². The van der Waals surface area contributed by atoms with E-state index in [0.29, 0.717) is 47.2 Å². The summed E-state index contributed by atoms with van der Waals surface area (Å²) in [5.41, 5.74) is 0.844. The predicted octanol–water partition coefficient (Wildman–Crippen LogP) is 0.954. The minimum atomic E-state index is -1.45. The number of hydrogen-bond donors (Lipinski definition) is 3. The molecule has 1 saturated heterocycles. The molecule has 3 amide bonds. The molecule has 0 bridgehead atoms. The Labute approximate surface area is 221 Å². The lowest BCUT2D eigenvalue weighted by Gasteiger charge is -2.21. The van der Waals surface area contributed by atoms with E-state index < -0.39 is 35.8 Å². The second kappa shape index (κ2) is 10.8. The molecule has 3 aromatic rings. The van der Waals surface area contributed by atoms with E-state index >= 15 is 0 Å². The zero-order chi connectivity index (χ0) is 27.5. The SMILES string of the molecule is COc1ccc2ncc(=O)n(CC(NC(=O)O)C(=O)NC[C@@H]3CN(c4ccc5c(c4)OCCO5)C(=O)O3)c2c1. The summed E-state index contributed by atoms with van der Waals surface area (Å²) < 4.78 is 22.9. The Morgan fingerprint density at radius 2 is 1.95 bits per heavy atom. The van der Waals surface area contributed by atoms with Gasteiger partial charge in [-0.25, -0.2) is 14.6 Å². The molecular formula is C25H25N5O9. The first-order valence-corrected chi connectivity index (χ1v) is 12.0. The van der Waals surface area contributed by atoms with Gasteiger partial charge < -0.3 is 39.3 Å². The van der Waals surface area contributed by atoms with Gasteiger partial charge in [-0.15, -0.1) is 0 Å². The van der Waals surface area contributed by atoms with Gasteiger partial charge in [0.15, 0.2) is 11.5 Å². The third-order valence-electron chi connectivity index (χ3n) is 6.25. The molecule has 0 aliphatic carbocycles. The summed E-state index contributed by atoms with van der Waals surface area (Å²) in [5.74, 6) is 0.854. The monoisotopic (exact) mass is 539 g/mol. The van der Waals surface area contributed by atoms with Crippen LogP contribution in [0, 0.1) is 0 Å². The largest absolute Gasteiger partial charge is 0.497 e. The van der Waals surface area contributed by atoms with Gasteiger partial charge in [0, 0.05) is 12.1 Å². The highest BCUT2D eigenvalue weighted by Crippen LogP contribution is 2.35. The molecule has 0 saturated carbocycles. The van der Waals surface area contributed by atoms with Gasteiger partial charge in [0.25, 0.3) is 5.56 Å².